The highest BCUT2D eigenvalue weighted by Crippen LogP contribution is 2.34. The Balaban J connectivity index is 1.53. The Hall–Kier alpha value is -4.88. The summed E-state index contributed by atoms with van der Waals surface area (Å²) in [6, 6.07) is 37.9. The van der Waals surface area contributed by atoms with E-state index in [2.05, 4.69) is 53.4 Å². The van der Waals surface area contributed by atoms with E-state index < -0.39 is 5.97 Å². The van der Waals surface area contributed by atoms with Crippen LogP contribution in [-0.2, 0) is 4.79 Å². The molecule has 0 aliphatic rings. The fourth-order valence-corrected chi connectivity index (χ4v) is 3.54. The van der Waals surface area contributed by atoms with Gasteiger partial charge in [0.25, 0.3) is 0 Å². The molecule has 164 valence electrons. The second kappa shape index (κ2) is 10.6. The summed E-state index contributed by atoms with van der Waals surface area (Å²) >= 11 is 0. The summed E-state index contributed by atoms with van der Waals surface area (Å²) in [6.07, 6.45) is 5.39. The molecular weight excluding hydrogens is 420 g/mol. The van der Waals surface area contributed by atoms with Crippen LogP contribution in [0.15, 0.2) is 115 Å². The summed E-state index contributed by atoms with van der Waals surface area (Å²) in [5, 5.41) is 17.9. The van der Waals surface area contributed by atoms with Gasteiger partial charge in [0.1, 0.15) is 11.6 Å². The molecule has 0 fully saturated rings. The van der Waals surface area contributed by atoms with E-state index in [1.807, 2.05) is 60.7 Å². The highest BCUT2D eigenvalue weighted by Gasteiger charge is 2.11. The molecule has 4 aromatic rings. The summed E-state index contributed by atoms with van der Waals surface area (Å²) in [5.41, 5.74) is 5.67. The Bertz CT molecular complexity index is 1310. The molecule has 0 unspecified atom stereocenters. The van der Waals surface area contributed by atoms with Gasteiger partial charge >= 0.3 is 5.97 Å². The molecule has 0 spiro atoms. The van der Waals surface area contributed by atoms with Crippen LogP contribution in [0.5, 0.6) is 0 Å². The van der Waals surface area contributed by atoms with E-state index in [-0.39, 0.29) is 5.57 Å². The number of carbonyl (C=O) groups is 1. The summed E-state index contributed by atoms with van der Waals surface area (Å²) < 4.78 is 0. The number of nitrogens with zero attached hydrogens (tertiary/aromatic N) is 2. The van der Waals surface area contributed by atoms with Crippen molar-refractivity contribution in [1.82, 2.24) is 0 Å². The van der Waals surface area contributed by atoms with E-state index in [1.165, 1.54) is 6.08 Å². The van der Waals surface area contributed by atoms with Crippen molar-refractivity contribution in [3.8, 4) is 6.07 Å². The number of carboxylic acid groups (broad SMARTS) is 1. The highest BCUT2D eigenvalue weighted by molar-refractivity contribution is 5.96. The van der Waals surface area contributed by atoms with E-state index >= 15 is 0 Å². The molecule has 4 rings (SSSR count). The lowest BCUT2D eigenvalue weighted by Gasteiger charge is -2.25. The maximum absolute atomic E-state index is 11.0. The Morgan fingerprint density at radius 1 is 0.647 bits per heavy atom. The van der Waals surface area contributed by atoms with Crippen molar-refractivity contribution in [1.29, 1.82) is 5.26 Å². The fraction of sp³-hybridized carbons (Fsp3) is 0. The van der Waals surface area contributed by atoms with Crippen molar-refractivity contribution < 1.29 is 9.90 Å². The molecule has 0 saturated heterocycles. The van der Waals surface area contributed by atoms with Gasteiger partial charge in [0.2, 0.25) is 0 Å². The van der Waals surface area contributed by atoms with Crippen molar-refractivity contribution in [2.24, 2.45) is 0 Å². The summed E-state index contributed by atoms with van der Waals surface area (Å²) in [7, 11) is 0. The fourth-order valence-electron chi connectivity index (χ4n) is 3.54. The molecular formula is C30H22N2O2. The number of hydrogen-bond donors (Lipinski definition) is 1. The van der Waals surface area contributed by atoms with Crippen LogP contribution in [-0.4, -0.2) is 11.1 Å². The van der Waals surface area contributed by atoms with Crippen molar-refractivity contribution in [2.75, 3.05) is 4.90 Å². The molecule has 4 nitrogen and oxygen atoms in total. The third-order valence-electron chi connectivity index (χ3n) is 5.25. The molecule has 0 bridgehead atoms. The van der Waals surface area contributed by atoms with Gasteiger partial charge in [0, 0.05) is 17.1 Å². The van der Waals surface area contributed by atoms with Gasteiger partial charge in [-0.1, -0.05) is 84.9 Å². The zero-order chi connectivity index (χ0) is 23.8. The molecule has 4 aromatic carbocycles. The number of hydrogen-bond acceptors (Lipinski definition) is 3. The van der Waals surface area contributed by atoms with E-state index in [4.69, 9.17) is 10.4 Å². The Labute approximate surface area is 199 Å². The quantitative estimate of drug-likeness (QED) is 0.185. The SMILES string of the molecule is N#CC(=Cc1ccc(C=Cc2ccc(N(c3ccccc3)c3ccccc3)cc2)cc1)C(=O)O. The number of carboxylic acids is 1. The van der Waals surface area contributed by atoms with Crippen molar-refractivity contribution in [3.05, 3.63) is 131 Å². The van der Waals surface area contributed by atoms with Gasteiger partial charge in [-0.15, -0.1) is 0 Å². The summed E-state index contributed by atoms with van der Waals surface area (Å²) in [6.45, 7) is 0. The molecule has 0 radical (unpaired) electrons. The van der Waals surface area contributed by atoms with Crippen LogP contribution in [0.3, 0.4) is 0 Å². The number of rotatable bonds is 7. The summed E-state index contributed by atoms with van der Waals surface area (Å²) in [4.78, 5) is 13.2. The molecule has 0 saturated carbocycles. The number of nitriles is 1. The second-order valence-corrected chi connectivity index (χ2v) is 7.57. The smallest absolute Gasteiger partial charge is 0.346 e. The van der Waals surface area contributed by atoms with Gasteiger partial charge in [0.05, 0.1) is 0 Å². The number of benzene rings is 4. The first kappa shape index (κ1) is 22.3. The molecule has 0 atom stereocenters. The number of aliphatic carboxylic acids is 1. The molecule has 1 N–H and O–H groups in total. The molecule has 4 heteroatoms. The maximum atomic E-state index is 11.0. The number of anilines is 3. The van der Waals surface area contributed by atoms with Crippen LogP contribution in [0.1, 0.15) is 16.7 Å². The molecule has 0 aliphatic heterocycles. The van der Waals surface area contributed by atoms with Crippen molar-refractivity contribution >= 4 is 41.3 Å². The van der Waals surface area contributed by atoms with E-state index in [9.17, 15) is 4.79 Å². The minimum Gasteiger partial charge on any atom is -0.477 e. The van der Waals surface area contributed by atoms with E-state index in [1.54, 1.807) is 18.2 Å². The molecule has 0 aliphatic carbocycles. The average Bonchev–Trinajstić information content (AvgIpc) is 2.89. The zero-order valence-corrected chi connectivity index (χ0v) is 18.4. The van der Waals surface area contributed by atoms with Gasteiger partial charge in [0.15, 0.2) is 0 Å². The van der Waals surface area contributed by atoms with Crippen LogP contribution >= 0.6 is 0 Å². The van der Waals surface area contributed by atoms with Gasteiger partial charge in [-0.3, -0.25) is 0 Å². The second-order valence-electron chi connectivity index (χ2n) is 7.57. The molecule has 0 heterocycles. The molecule has 0 amide bonds. The highest BCUT2D eigenvalue weighted by atomic mass is 16.4. The lowest BCUT2D eigenvalue weighted by atomic mass is 10.1. The van der Waals surface area contributed by atoms with E-state index in [0.717, 1.165) is 28.2 Å². The van der Waals surface area contributed by atoms with Crippen LogP contribution < -0.4 is 4.90 Å². The zero-order valence-electron chi connectivity index (χ0n) is 18.4. The predicted octanol–water partition coefficient (Wildman–Crippen LogP) is 7.32. The largest absolute Gasteiger partial charge is 0.477 e. The first-order valence-corrected chi connectivity index (χ1v) is 10.8. The maximum Gasteiger partial charge on any atom is 0.346 e. The topological polar surface area (TPSA) is 64.3 Å². The van der Waals surface area contributed by atoms with Crippen LogP contribution in [0.2, 0.25) is 0 Å². The van der Waals surface area contributed by atoms with E-state index in [0.29, 0.717) is 5.56 Å². The molecule has 0 aromatic heterocycles. The van der Waals surface area contributed by atoms with Crippen LogP contribution in [0.25, 0.3) is 18.2 Å². The first-order chi connectivity index (χ1) is 16.6. The lowest BCUT2D eigenvalue weighted by molar-refractivity contribution is -0.132. The van der Waals surface area contributed by atoms with Gasteiger partial charge in [-0.2, -0.15) is 5.26 Å². The normalized spacial score (nSPS) is 11.2. The number of para-hydroxylation sites is 2. The lowest BCUT2D eigenvalue weighted by Crippen LogP contribution is -2.09. The van der Waals surface area contributed by atoms with Crippen molar-refractivity contribution in [2.45, 2.75) is 0 Å². The van der Waals surface area contributed by atoms with Gasteiger partial charge in [-0.25, -0.2) is 4.79 Å². The van der Waals surface area contributed by atoms with Crippen LogP contribution in [0, 0.1) is 11.3 Å². The monoisotopic (exact) mass is 442 g/mol. The standard InChI is InChI=1S/C30H22N2O2/c31-22-26(30(33)34)21-25-15-13-23(14-16-25)11-12-24-17-19-29(20-18-24)32(27-7-3-1-4-8-27)28-9-5-2-6-10-28/h1-21H,(H,33,34). The summed E-state index contributed by atoms with van der Waals surface area (Å²) in [5.74, 6) is -1.23. The average molecular weight is 443 g/mol. The minimum atomic E-state index is -1.23. The molecule has 34 heavy (non-hydrogen) atoms. The Morgan fingerprint density at radius 3 is 1.50 bits per heavy atom. The van der Waals surface area contributed by atoms with Gasteiger partial charge < -0.3 is 10.0 Å². The predicted molar refractivity (Wildman–Crippen MR) is 138 cm³/mol. The Kier molecular flexibility index (Phi) is 6.97. The first-order valence-electron chi connectivity index (χ1n) is 10.8. The third-order valence-corrected chi connectivity index (χ3v) is 5.25. The van der Waals surface area contributed by atoms with Gasteiger partial charge in [-0.05, 0) is 59.2 Å². The van der Waals surface area contributed by atoms with Crippen molar-refractivity contribution in [3.63, 3.8) is 0 Å². The third kappa shape index (κ3) is 5.48. The minimum absolute atomic E-state index is 0.288. The van der Waals surface area contributed by atoms with Crippen LogP contribution in [0.4, 0.5) is 17.1 Å². The Morgan fingerprint density at radius 2 is 1.06 bits per heavy atom.